The van der Waals surface area contributed by atoms with Crippen LogP contribution in [-0.4, -0.2) is 0 Å². The van der Waals surface area contributed by atoms with Crippen LogP contribution in [0, 0.1) is 0 Å². The highest BCUT2D eigenvalue weighted by Crippen LogP contribution is 2.56. The first-order valence-electron chi connectivity index (χ1n) is 15.2. The number of benzene rings is 8. The fourth-order valence-electron chi connectivity index (χ4n) is 8.10. The molecule has 0 amide bonds. The molecule has 0 heterocycles. The first kappa shape index (κ1) is 24.4. The lowest BCUT2D eigenvalue weighted by atomic mass is 9.75. The fourth-order valence-corrected chi connectivity index (χ4v) is 8.10. The minimum Gasteiger partial charge on any atom is -0.0616 e. The van der Waals surface area contributed by atoms with Gasteiger partial charge in [-0.05, 0) is 87.6 Å². The van der Waals surface area contributed by atoms with E-state index in [1.165, 1.54) is 87.6 Å². The van der Waals surface area contributed by atoms with E-state index in [2.05, 4.69) is 159 Å². The highest BCUT2D eigenvalue weighted by molar-refractivity contribution is 6.24. The molecule has 1 aliphatic carbocycles. The van der Waals surface area contributed by atoms with E-state index in [-0.39, 0.29) is 5.41 Å². The van der Waals surface area contributed by atoms with Crippen LogP contribution in [0.25, 0.3) is 76.5 Å². The Bertz CT molecular complexity index is 2360. The Kier molecular flexibility index (Phi) is 5.05. The third-order valence-corrected chi connectivity index (χ3v) is 9.79. The third-order valence-electron chi connectivity index (χ3n) is 9.79. The van der Waals surface area contributed by atoms with E-state index in [4.69, 9.17) is 0 Å². The molecule has 0 aromatic heterocycles. The molecule has 0 saturated heterocycles. The lowest BCUT2D eigenvalue weighted by Gasteiger charge is -2.27. The average molecular weight is 547 g/mol. The second-order valence-electron chi connectivity index (χ2n) is 12.4. The highest BCUT2D eigenvalue weighted by Gasteiger charge is 2.39. The van der Waals surface area contributed by atoms with Gasteiger partial charge >= 0.3 is 0 Å². The molecular weight excluding hydrogens is 516 g/mol. The van der Waals surface area contributed by atoms with Crippen LogP contribution in [0.4, 0.5) is 0 Å². The minimum atomic E-state index is -0.154. The number of hydrogen-bond donors (Lipinski definition) is 0. The molecule has 0 spiro atoms. The topological polar surface area (TPSA) is 0 Å². The van der Waals surface area contributed by atoms with Crippen molar-refractivity contribution in [1.29, 1.82) is 0 Å². The van der Waals surface area contributed by atoms with Crippen LogP contribution in [0.15, 0.2) is 146 Å². The van der Waals surface area contributed by atoms with E-state index >= 15 is 0 Å². The molecule has 0 saturated carbocycles. The first-order chi connectivity index (χ1) is 21.1. The summed E-state index contributed by atoms with van der Waals surface area (Å²) in [6.07, 6.45) is 0. The van der Waals surface area contributed by atoms with Crippen molar-refractivity contribution in [2.24, 2.45) is 0 Å². The SMILES string of the molecule is CC1(C)c2c(cccc2-c2c3ccccc3c(-c3cccc4ccccc34)c3ccccc23)-c2ccc3ccccc3c21. The van der Waals surface area contributed by atoms with E-state index < -0.39 is 0 Å². The second kappa shape index (κ2) is 8.90. The summed E-state index contributed by atoms with van der Waals surface area (Å²) in [6, 6.07) is 54.0. The number of rotatable bonds is 2. The highest BCUT2D eigenvalue weighted by atomic mass is 14.4. The van der Waals surface area contributed by atoms with Gasteiger partial charge in [0.2, 0.25) is 0 Å². The summed E-state index contributed by atoms with van der Waals surface area (Å²) >= 11 is 0. The lowest BCUT2D eigenvalue weighted by Crippen LogP contribution is -2.17. The van der Waals surface area contributed by atoms with Crippen molar-refractivity contribution in [1.82, 2.24) is 0 Å². The van der Waals surface area contributed by atoms with E-state index in [0.29, 0.717) is 0 Å². The molecule has 0 heteroatoms. The van der Waals surface area contributed by atoms with Gasteiger partial charge in [-0.15, -0.1) is 0 Å². The molecular formula is C43H30. The number of hydrogen-bond acceptors (Lipinski definition) is 0. The molecule has 9 rings (SSSR count). The smallest absolute Gasteiger partial charge is 0.0171 e. The van der Waals surface area contributed by atoms with Gasteiger partial charge in [0, 0.05) is 5.41 Å². The van der Waals surface area contributed by atoms with Gasteiger partial charge in [-0.1, -0.05) is 159 Å². The second-order valence-corrected chi connectivity index (χ2v) is 12.4. The Morgan fingerprint density at radius 2 is 0.721 bits per heavy atom. The Hall–Kier alpha value is -5.20. The van der Waals surface area contributed by atoms with Crippen molar-refractivity contribution in [2.75, 3.05) is 0 Å². The van der Waals surface area contributed by atoms with Crippen LogP contribution in [0.5, 0.6) is 0 Å². The zero-order chi connectivity index (χ0) is 28.7. The first-order valence-corrected chi connectivity index (χ1v) is 15.2. The van der Waals surface area contributed by atoms with Gasteiger partial charge in [0.05, 0.1) is 0 Å². The quantitative estimate of drug-likeness (QED) is 0.189. The lowest BCUT2D eigenvalue weighted by molar-refractivity contribution is 0.668. The van der Waals surface area contributed by atoms with Gasteiger partial charge in [-0.2, -0.15) is 0 Å². The summed E-state index contributed by atoms with van der Waals surface area (Å²) in [7, 11) is 0. The summed E-state index contributed by atoms with van der Waals surface area (Å²) in [6.45, 7) is 4.84. The van der Waals surface area contributed by atoms with Crippen LogP contribution in [0.3, 0.4) is 0 Å². The van der Waals surface area contributed by atoms with E-state index in [1.54, 1.807) is 0 Å². The molecule has 0 N–H and O–H groups in total. The van der Waals surface area contributed by atoms with Gasteiger partial charge in [0.25, 0.3) is 0 Å². The van der Waals surface area contributed by atoms with Crippen LogP contribution in [0.2, 0.25) is 0 Å². The normalized spacial score (nSPS) is 13.5. The number of fused-ring (bicyclic) bond motifs is 8. The van der Waals surface area contributed by atoms with E-state index in [9.17, 15) is 0 Å². The van der Waals surface area contributed by atoms with Crippen LogP contribution in [0.1, 0.15) is 25.0 Å². The monoisotopic (exact) mass is 546 g/mol. The Labute approximate surface area is 251 Å². The molecule has 0 bridgehead atoms. The standard InChI is InChI=1S/C43H30/c1-43(2)41-30-17-6-4-14-28(30)25-26-37(41)36-23-12-24-38(42(36)43)40-34-20-9-7-18-32(34)39(33-19-8-10-21-35(33)40)31-22-11-15-27-13-3-5-16-29(27)31/h3-26H,1-2H3. The molecule has 202 valence electrons. The molecule has 8 aromatic rings. The third kappa shape index (κ3) is 3.32. The predicted molar refractivity (Wildman–Crippen MR) is 185 cm³/mol. The average Bonchev–Trinajstić information content (AvgIpc) is 3.30. The van der Waals surface area contributed by atoms with Gasteiger partial charge in [-0.25, -0.2) is 0 Å². The molecule has 0 atom stereocenters. The molecule has 0 fully saturated rings. The van der Waals surface area contributed by atoms with Crippen molar-refractivity contribution >= 4 is 43.1 Å². The molecule has 8 aromatic carbocycles. The fraction of sp³-hybridized carbons (Fsp3) is 0.0698. The van der Waals surface area contributed by atoms with Crippen molar-refractivity contribution in [3.05, 3.63) is 157 Å². The molecule has 0 nitrogen and oxygen atoms in total. The minimum absolute atomic E-state index is 0.154. The Morgan fingerprint density at radius 3 is 1.37 bits per heavy atom. The molecule has 0 aliphatic heterocycles. The van der Waals surface area contributed by atoms with Crippen LogP contribution in [-0.2, 0) is 5.41 Å². The van der Waals surface area contributed by atoms with Crippen molar-refractivity contribution in [3.63, 3.8) is 0 Å². The maximum atomic E-state index is 2.42. The predicted octanol–water partition coefficient (Wildman–Crippen LogP) is 11.9. The summed E-state index contributed by atoms with van der Waals surface area (Å²) in [5.74, 6) is 0. The molecule has 43 heavy (non-hydrogen) atoms. The molecule has 0 radical (unpaired) electrons. The molecule has 0 unspecified atom stereocenters. The van der Waals surface area contributed by atoms with Crippen molar-refractivity contribution in [3.8, 4) is 33.4 Å². The molecule has 1 aliphatic rings. The van der Waals surface area contributed by atoms with E-state index in [1.807, 2.05) is 0 Å². The largest absolute Gasteiger partial charge is 0.0616 e. The summed E-state index contributed by atoms with van der Waals surface area (Å²) in [4.78, 5) is 0. The summed E-state index contributed by atoms with van der Waals surface area (Å²) in [5, 5.41) is 10.4. The zero-order valence-electron chi connectivity index (χ0n) is 24.4. The van der Waals surface area contributed by atoms with Gasteiger partial charge in [0.15, 0.2) is 0 Å². The Morgan fingerprint density at radius 1 is 0.302 bits per heavy atom. The summed E-state index contributed by atoms with van der Waals surface area (Å²) in [5.41, 5.74) is 10.7. The van der Waals surface area contributed by atoms with Crippen LogP contribution >= 0.6 is 0 Å². The maximum Gasteiger partial charge on any atom is 0.0171 e. The van der Waals surface area contributed by atoms with Gasteiger partial charge in [0.1, 0.15) is 0 Å². The van der Waals surface area contributed by atoms with Gasteiger partial charge < -0.3 is 0 Å². The van der Waals surface area contributed by atoms with Crippen molar-refractivity contribution in [2.45, 2.75) is 19.3 Å². The van der Waals surface area contributed by atoms with E-state index in [0.717, 1.165) is 0 Å². The summed E-state index contributed by atoms with van der Waals surface area (Å²) < 4.78 is 0. The Balaban J connectivity index is 1.42. The zero-order valence-corrected chi connectivity index (χ0v) is 24.4. The van der Waals surface area contributed by atoms with Gasteiger partial charge in [-0.3, -0.25) is 0 Å². The maximum absolute atomic E-state index is 2.42. The van der Waals surface area contributed by atoms with Crippen LogP contribution < -0.4 is 0 Å². The van der Waals surface area contributed by atoms with Crippen molar-refractivity contribution < 1.29 is 0 Å².